The molecule has 2 atom stereocenters. The smallest absolute Gasteiger partial charge is 0.127 e. The molecule has 2 unspecified atom stereocenters. The minimum absolute atomic E-state index is 0.0754. The minimum Gasteiger partial charge on any atom is -0.381 e. The molecule has 2 rings (SSSR count). The maximum atomic E-state index is 13.9. The monoisotopic (exact) mass is 251 g/mol. The molecular formula is C15H22FNO. The van der Waals surface area contributed by atoms with Crippen molar-refractivity contribution < 1.29 is 9.13 Å². The second kappa shape index (κ2) is 6.86. The standard InChI is InChI=1S/C15H22FNO/c1-2-9-17-15(12-6-5-10-18-11-12)13-7-3-4-8-14(13)16/h3-4,7-8,12,15,17H,2,5-6,9-11H2,1H3. The van der Waals surface area contributed by atoms with Gasteiger partial charge in [-0.05, 0) is 31.9 Å². The van der Waals surface area contributed by atoms with Crippen molar-refractivity contribution in [1.29, 1.82) is 0 Å². The van der Waals surface area contributed by atoms with Crippen LogP contribution in [0.4, 0.5) is 4.39 Å². The van der Waals surface area contributed by atoms with Crippen molar-refractivity contribution in [3.8, 4) is 0 Å². The van der Waals surface area contributed by atoms with Gasteiger partial charge in [0.1, 0.15) is 5.82 Å². The highest BCUT2D eigenvalue weighted by atomic mass is 19.1. The molecule has 2 nitrogen and oxygen atoms in total. The van der Waals surface area contributed by atoms with E-state index in [1.54, 1.807) is 12.1 Å². The molecule has 1 fully saturated rings. The number of nitrogens with one attached hydrogen (secondary N) is 1. The van der Waals surface area contributed by atoms with Crippen molar-refractivity contribution in [3.05, 3.63) is 35.6 Å². The summed E-state index contributed by atoms with van der Waals surface area (Å²) in [6.07, 6.45) is 3.23. The Bertz CT molecular complexity index is 363. The Hall–Kier alpha value is -0.930. The molecular weight excluding hydrogens is 229 g/mol. The topological polar surface area (TPSA) is 21.3 Å². The molecule has 0 aliphatic carbocycles. The lowest BCUT2D eigenvalue weighted by Gasteiger charge is -2.31. The zero-order chi connectivity index (χ0) is 12.8. The summed E-state index contributed by atoms with van der Waals surface area (Å²) in [5.74, 6) is 0.263. The van der Waals surface area contributed by atoms with Gasteiger partial charge in [-0.25, -0.2) is 4.39 Å². The summed E-state index contributed by atoms with van der Waals surface area (Å²) in [5, 5.41) is 3.48. The van der Waals surface area contributed by atoms with Crippen LogP contribution < -0.4 is 5.32 Å². The van der Waals surface area contributed by atoms with Crippen LogP contribution in [-0.2, 0) is 4.74 Å². The second-order valence-corrected chi connectivity index (χ2v) is 4.93. The zero-order valence-corrected chi connectivity index (χ0v) is 11.0. The van der Waals surface area contributed by atoms with E-state index in [2.05, 4.69) is 12.2 Å². The van der Waals surface area contributed by atoms with Crippen molar-refractivity contribution in [1.82, 2.24) is 5.32 Å². The van der Waals surface area contributed by atoms with Gasteiger partial charge in [-0.3, -0.25) is 0 Å². The average Bonchev–Trinajstić information content (AvgIpc) is 2.42. The van der Waals surface area contributed by atoms with Crippen LogP contribution in [0.5, 0.6) is 0 Å². The first-order valence-corrected chi connectivity index (χ1v) is 6.88. The fourth-order valence-electron chi connectivity index (χ4n) is 2.59. The van der Waals surface area contributed by atoms with Crippen LogP contribution in [0.15, 0.2) is 24.3 Å². The number of hydrogen-bond donors (Lipinski definition) is 1. The summed E-state index contributed by atoms with van der Waals surface area (Å²) in [6, 6.07) is 7.15. The van der Waals surface area contributed by atoms with E-state index < -0.39 is 0 Å². The van der Waals surface area contributed by atoms with Gasteiger partial charge in [0.05, 0.1) is 6.61 Å². The lowest BCUT2D eigenvalue weighted by Crippen LogP contribution is -2.34. The van der Waals surface area contributed by atoms with E-state index >= 15 is 0 Å². The summed E-state index contributed by atoms with van der Waals surface area (Å²) in [6.45, 7) is 4.61. The van der Waals surface area contributed by atoms with Crippen LogP contribution in [0.25, 0.3) is 0 Å². The van der Waals surface area contributed by atoms with Gasteiger partial charge in [0.2, 0.25) is 0 Å². The Balaban J connectivity index is 2.15. The molecule has 18 heavy (non-hydrogen) atoms. The van der Waals surface area contributed by atoms with Crippen molar-refractivity contribution in [2.24, 2.45) is 5.92 Å². The van der Waals surface area contributed by atoms with E-state index in [4.69, 9.17) is 4.74 Å². The van der Waals surface area contributed by atoms with Crippen LogP contribution in [-0.4, -0.2) is 19.8 Å². The average molecular weight is 251 g/mol. The van der Waals surface area contributed by atoms with E-state index in [0.717, 1.165) is 44.6 Å². The summed E-state index contributed by atoms with van der Waals surface area (Å²) < 4.78 is 19.5. The van der Waals surface area contributed by atoms with Crippen LogP contribution in [0.3, 0.4) is 0 Å². The van der Waals surface area contributed by atoms with Gasteiger partial charge in [-0.1, -0.05) is 25.1 Å². The lowest BCUT2D eigenvalue weighted by molar-refractivity contribution is 0.0385. The molecule has 1 heterocycles. The number of hydrogen-bond acceptors (Lipinski definition) is 2. The highest BCUT2D eigenvalue weighted by molar-refractivity contribution is 5.22. The quantitative estimate of drug-likeness (QED) is 0.867. The first kappa shape index (κ1) is 13.5. The van der Waals surface area contributed by atoms with Crippen LogP contribution in [0, 0.1) is 11.7 Å². The minimum atomic E-state index is -0.114. The molecule has 3 heteroatoms. The van der Waals surface area contributed by atoms with E-state index in [1.165, 1.54) is 0 Å². The molecule has 100 valence electrons. The Kier molecular flexibility index (Phi) is 5.14. The summed E-state index contributed by atoms with van der Waals surface area (Å²) in [5.41, 5.74) is 0.779. The van der Waals surface area contributed by atoms with Gasteiger partial charge in [0.25, 0.3) is 0 Å². The largest absolute Gasteiger partial charge is 0.381 e. The Morgan fingerprint density at radius 2 is 2.28 bits per heavy atom. The maximum Gasteiger partial charge on any atom is 0.127 e. The number of halogens is 1. The molecule has 1 aromatic rings. The van der Waals surface area contributed by atoms with Crippen molar-refractivity contribution in [2.45, 2.75) is 32.2 Å². The zero-order valence-electron chi connectivity index (χ0n) is 11.0. The number of ether oxygens (including phenoxy) is 1. The first-order chi connectivity index (χ1) is 8.83. The van der Waals surface area contributed by atoms with Gasteiger partial charge >= 0.3 is 0 Å². The van der Waals surface area contributed by atoms with Gasteiger partial charge in [0.15, 0.2) is 0 Å². The predicted molar refractivity (Wildman–Crippen MR) is 71.0 cm³/mol. The SMILES string of the molecule is CCCNC(c1ccccc1F)C1CCCOC1. The molecule has 1 aliphatic heterocycles. The van der Waals surface area contributed by atoms with Gasteiger partial charge in [-0.2, -0.15) is 0 Å². The third-order valence-corrected chi connectivity index (χ3v) is 3.52. The predicted octanol–water partition coefficient (Wildman–Crippen LogP) is 3.29. The maximum absolute atomic E-state index is 13.9. The van der Waals surface area contributed by atoms with Crippen molar-refractivity contribution in [3.63, 3.8) is 0 Å². The lowest BCUT2D eigenvalue weighted by atomic mass is 9.88. The number of benzene rings is 1. The summed E-state index contributed by atoms with van der Waals surface area (Å²) in [4.78, 5) is 0. The van der Waals surface area contributed by atoms with Gasteiger partial charge < -0.3 is 10.1 Å². The fourth-order valence-corrected chi connectivity index (χ4v) is 2.59. The molecule has 0 spiro atoms. The highest BCUT2D eigenvalue weighted by Gasteiger charge is 2.26. The summed E-state index contributed by atoms with van der Waals surface area (Å²) >= 11 is 0. The van der Waals surface area contributed by atoms with E-state index in [1.807, 2.05) is 12.1 Å². The molecule has 0 bridgehead atoms. The molecule has 1 aliphatic rings. The molecule has 0 radical (unpaired) electrons. The van der Waals surface area contributed by atoms with E-state index in [0.29, 0.717) is 5.92 Å². The van der Waals surface area contributed by atoms with Gasteiger partial charge in [0, 0.05) is 24.1 Å². The van der Waals surface area contributed by atoms with Crippen molar-refractivity contribution in [2.75, 3.05) is 19.8 Å². The Morgan fingerprint density at radius 1 is 1.44 bits per heavy atom. The fraction of sp³-hybridized carbons (Fsp3) is 0.600. The molecule has 0 saturated carbocycles. The Morgan fingerprint density at radius 3 is 2.94 bits per heavy atom. The summed E-state index contributed by atoms with van der Waals surface area (Å²) in [7, 11) is 0. The molecule has 1 aromatic carbocycles. The molecule has 1 N–H and O–H groups in total. The molecule has 0 aromatic heterocycles. The number of rotatable bonds is 5. The normalized spacial score (nSPS) is 21.8. The first-order valence-electron chi connectivity index (χ1n) is 6.88. The highest BCUT2D eigenvalue weighted by Crippen LogP contribution is 2.30. The third-order valence-electron chi connectivity index (χ3n) is 3.52. The van der Waals surface area contributed by atoms with E-state index in [9.17, 15) is 4.39 Å². The second-order valence-electron chi connectivity index (χ2n) is 4.93. The molecule has 0 amide bonds. The third kappa shape index (κ3) is 3.30. The van der Waals surface area contributed by atoms with Crippen LogP contribution in [0.1, 0.15) is 37.8 Å². The van der Waals surface area contributed by atoms with Crippen LogP contribution in [0.2, 0.25) is 0 Å². The molecule has 1 saturated heterocycles. The Labute approximate surface area is 109 Å². The van der Waals surface area contributed by atoms with Crippen molar-refractivity contribution >= 4 is 0 Å². The van der Waals surface area contributed by atoms with Gasteiger partial charge in [-0.15, -0.1) is 0 Å². The van der Waals surface area contributed by atoms with E-state index in [-0.39, 0.29) is 11.9 Å². The van der Waals surface area contributed by atoms with Crippen LogP contribution >= 0.6 is 0 Å².